The first kappa shape index (κ1) is 8.93. The van der Waals surface area contributed by atoms with Gasteiger partial charge in [-0.25, -0.2) is 9.18 Å². The highest BCUT2D eigenvalue weighted by molar-refractivity contribution is 6.57. The first-order valence-corrected chi connectivity index (χ1v) is 2.63. The van der Waals surface area contributed by atoms with Gasteiger partial charge in [-0.2, -0.15) is 0 Å². The lowest BCUT2D eigenvalue weighted by molar-refractivity contribution is -0.139. The van der Waals surface area contributed by atoms with E-state index in [9.17, 15) is 14.0 Å². The van der Waals surface area contributed by atoms with Crippen LogP contribution in [0, 0.1) is 0 Å². The molecule has 1 unspecified atom stereocenters. The molecule has 0 heterocycles. The van der Waals surface area contributed by atoms with Crippen LogP contribution in [-0.2, 0) is 4.79 Å². The largest absolute Gasteiger partial charge is 0.480 e. The van der Waals surface area contributed by atoms with E-state index in [-0.39, 0.29) is 0 Å². The fourth-order valence-electron chi connectivity index (χ4n) is 0.412. The molecule has 2 N–H and O–H groups in total. The van der Waals surface area contributed by atoms with Gasteiger partial charge in [-0.1, -0.05) is 0 Å². The average molecular weight is 147 g/mol. The molecular weight excluding hydrogens is 140 g/mol. The number of carbonyl (C=O) groups excluding carboxylic acids is 1. The maximum Gasteiger partial charge on any atom is 0.328 e. The van der Waals surface area contributed by atoms with Gasteiger partial charge in [0.05, 0.1) is 0 Å². The Bertz CT molecular complexity index is 151. The molecule has 0 bridgehead atoms. The third-order valence-corrected chi connectivity index (χ3v) is 0.830. The molecule has 0 aromatic carbocycles. The van der Waals surface area contributed by atoms with Crippen molar-refractivity contribution in [1.82, 2.24) is 5.32 Å². The van der Waals surface area contributed by atoms with Crippen molar-refractivity contribution >= 4 is 19.6 Å². The average Bonchev–Trinajstić information content (AvgIpc) is 1.81. The van der Waals surface area contributed by atoms with Crippen LogP contribution in [0.3, 0.4) is 0 Å². The summed E-state index contributed by atoms with van der Waals surface area (Å²) >= 11 is 0. The molecule has 0 spiro atoms. The maximum absolute atomic E-state index is 11.7. The molecule has 0 aromatic heterocycles. The van der Waals surface area contributed by atoms with Crippen molar-refractivity contribution in [2.24, 2.45) is 0 Å². The summed E-state index contributed by atoms with van der Waals surface area (Å²) in [5.74, 6) is -1.91. The molecule has 0 saturated heterocycles. The molecule has 0 aromatic rings. The fourth-order valence-corrected chi connectivity index (χ4v) is 0.412. The molecule has 0 radical (unpaired) electrons. The summed E-state index contributed by atoms with van der Waals surface area (Å²) < 4.78 is 11.7. The highest BCUT2D eigenvalue weighted by Crippen LogP contribution is 1.84. The number of rotatable bonds is 3. The van der Waals surface area contributed by atoms with Gasteiger partial charge >= 0.3 is 5.97 Å². The van der Waals surface area contributed by atoms with E-state index in [2.05, 4.69) is 0 Å². The zero-order valence-electron chi connectivity index (χ0n) is 5.43. The Labute approximate surface area is 57.8 Å². The van der Waals surface area contributed by atoms with Crippen molar-refractivity contribution in [3.63, 3.8) is 0 Å². The summed E-state index contributed by atoms with van der Waals surface area (Å²) in [4.78, 5) is 20.2. The Hall–Kier alpha value is -1.07. The summed E-state index contributed by atoms with van der Waals surface area (Å²) in [5.41, 5.74) is 0. The molecule has 0 aliphatic carbocycles. The van der Waals surface area contributed by atoms with Crippen molar-refractivity contribution in [2.45, 2.75) is 6.04 Å². The first-order chi connectivity index (χ1) is 4.57. The summed E-state index contributed by atoms with van der Waals surface area (Å²) in [5, 5.41) is 10.1. The molecule has 6 heteroatoms. The second-order valence-electron chi connectivity index (χ2n) is 1.75. The molecule has 0 saturated carbocycles. The summed E-state index contributed by atoms with van der Waals surface area (Å²) in [6.45, 7) is -1.09. The molecular formula is C4H7BFNO3. The molecule has 0 rings (SSSR count). The van der Waals surface area contributed by atoms with E-state index in [4.69, 9.17) is 5.11 Å². The summed E-state index contributed by atoms with van der Waals surface area (Å²) in [6.07, 6.45) is 0. The van der Waals surface area contributed by atoms with Crippen LogP contribution >= 0.6 is 0 Å². The van der Waals surface area contributed by atoms with Crippen LogP contribution in [-0.4, -0.2) is 37.4 Å². The van der Waals surface area contributed by atoms with Gasteiger partial charge in [0.2, 0.25) is 7.85 Å². The smallest absolute Gasteiger partial charge is 0.328 e. The topological polar surface area (TPSA) is 66.4 Å². The van der Waals surface area contributed by atoms with Crippen molar-refractivity contribution in [1.29, 1.82) is 0 Å². The lowest BCUT2D eigenvalue weighted by atomic mass is 10.1. The van der Waals surface area contributed by atoms with Crippen LogP contribution in [0.15, 0.2) is 0 Å². The maximum atomic E-state index is 11.7. The summed E-state index contributed by atoms with van der Waals surface area (Å²) in [6, 6.07) is -1.41. The van der Waals surface area contributed by atoms with Crippen LogP contribution < -0.4 is 5.32 Å². The molecule has 56 valence electrons. The highest BCUT2D eigenvalue weighted by Gasteiger charge is 2.16. The molecule has 10 heavy (non-hydrogen) atoms. The van der Waals surface area contributed by atoms with Gasteiger partial charge in [0.15, 0.2) is 11.8 Å². The van der Waals surface area contributed by atoms with Crippen LogP contribution in [0.4, 0.5) is 9.18 Å². The third kappa shape index (κ3) is 3.06. The molecule has 1 amide bonds. The number of nitrogens with one attached hydrogen (secondary N) is 1. The first-order valence-electron chi connectivity index (χ1n) is 2.63. The second-order valence-corrected chi connectivity index (χ2v) is 1.75. The van der Waals surface area contributed by atoms with E-state index in [0.717, 1.165) is 7.85 Å². The van der Waals surface area contributed by atoms with E-state index < -0.39 is 24.5 Å². The zero-order chi connectivity index (χ0) is 8.15. The number of amides is 1. The Kier molecular flexibility index (Phi) is 3.45. The van der Waals surface area contributed by atoms with Gasteiger partial charge in [0.25, 0.3) is 0 Å². The standard InChI is InChI=1S/C4H7BFNO3/c5-4(10)7-2(1-6)3(8)9/h2H,1,5H2,(H,7,10)(H,8,9). The lowest BCUT2D eigenvalue weighted by Gasteiger charge is -2.07. The van der Waals surface area contributed by atoms with Gasteiger partial charge in [-0.3, -0.25) is 4.79 Å². The second kappa shape index (κ2) is 3.87. The van der Waals surface area contributed by atoms with Gasteiger partial charge in [0.1, 0.15) is 6.67 Å². The third-order valence-electron chi connectivity index (χ3n) is 0.830. The number of aliphatic carboxylic acids is 1. The van der Waals surface area contributed by atoms with E-state index >= 15 is 0 Å². The quantitative estimate of drug-likeness (QED) is 0.490. The summed E-state index contributed by atoms with van der Waals surface area (Å²) in [7, 11) is 1.13. The molecule has 1 atom stereocenters. The van der Waals surface area contributed by atoms with E-state index in [1.165, 1.54) is 0 Å². The minimum Gasteiger partial charge on any atom is -0.480 e. The van der Waals surface area contributed by atoms with Crippen molar-refractivity contribution in [2.75, 3.05) is 6.67 Å². The van der Waals surface area contributed by atoms with Gasteiger partial charge in [-0.05, 0) is 0 Å². The number of alkyl halides is 1. The van der Waals surface area contributed by atoms with E-state index in [0.29, 0.717) is 0 Å². The minimum atomic E-state index is -1.41. The molecule has 4 nitrogen and oxygen atoms in total. The minimum absolute atomic E-state index is 0.551. The molecule has 0 aliphatic rings. The number of carboxylic acids is 1. The Morgan fingerprint density at radius 2 is 2.20 bits per heavy atom. The Morgan fingerprint density at radius 1 is 1.70 bits per heavy atom. The monoisotopic (exact) mass is 147 g/mol. The van der Waals surface area contributed by atoms with Crippen LogP contribution in [0.25, 0.3) is 0 Å². The zero-order valence-corrected chi connectivity index (χ0v) is 5.43. The molecule has 0 fully saturated rings. The number of hydrogen-bond donors (Lipinski definition) is 2. The highest BCUT2D eigenvalue weighted by atomic mass is 19.1. The van der Waals surface area contributed by atoms with Crippen LogP contribution in [0.5, 0.6) is 0 Å². The van der Waals surface area contributed by atoms with Crippen LogP contribution in [0.1, 0.15) is 0 Å². The van der Waals surface area contributed by atoms with Gasteiger partial charge in [0, 0.05) is 0 Å². The normalized spacial score (nSPS) is 12.1. The van der Waals surface area contributed by atoms with E-state index in [1.807, 2.05) is 5.32 Å². The van der Waals surface area contributed by atoms with Gasteiger partial charge < -0.3 is 10.4 Å². The van der Waals surface area contributed by atoms with Gasteiger partial charge in [-0.15, -0.1) is 0 Å². The SMILES string of the molecule is BC(=O)NC(CF)C(=O)O. The lowest BCUT2D eigenvalue weighted by Crippen LogP contribution is -2.41. The number of carbonyl (C=O) groups is 2. The van der Waals surface area contributed by atoms with E-state index in [1.54, 1.807) is 0 Å². The Balaban J connectivity index is 3.83. The molecule has 0 aliphatic heterocycles. The van der Waals surface area contributed by atoms with Crippen LogP contribution in [0.2, 0.25) is 0 Å². The fraction of sp³-hybridized carbons (Fsp3) is 0.500. The Morgan fingerprint density at radius 3 is 2.30 bits per heavy atom. The van der Waals surface area contributed by atoms with Crippen molar-refractivity contribution in [3.8, 4) is 0 Å². The van der Waals surface area contributed by atoms with Crippen molar-refractivity contribution < 1.29 is 19.1 Å². The number of halogens is 1. The number of hydrogen-bond acceptors (Lipinski definition) is 2. The predicted octanol–water partition coefficient (Wildman–Crippen LogP) is -1.25. The van der Waals surface area contributed by atoms with Crippen molar-refractivity contribution in [3.05, 3.63) is 0 Å². The predicted molar refractivity (Wildman–Crippen MR) is 34.5 cm³/mol. The number of carboxylic acid groups (broad SMARTS) is 1.